The molecule has 1 aliphatic rings. The Morgan fingerprint density at radius 3 is 2.91 bits per heavy atom. The van der Waals surface area contributed by atoms with Gasteiger partial charge in [0.1, 0.15) is 4.21 Å². The molecule has 0 aliphatic carbocycles. The number of hydrogen-bond acceptors (Lipinski definition) is 5. The molecule has 2 heterocycles. The third-order valence-corrected chi connectivity index (χ3v) is 7.66. The number of sulfonamides is 1. The SMILES string of the molecule is COCC(C)NC(=O)C1CCCN(S(=O)(=O)c2ccc(Br)s2)C1. The maximum absolute atomic E-state index is 12.7. The number of nitrogens with zero attached hydrogens (tertiary/aromatic N) is 1. The lowest BCUT2D eigenvalue weighted by molar-refractivity contribution is -0.127. The van der Waals surface area contributed by atoms with E-state index in [-0.39, 0.29) is 24.4 Å². The normalized spacial score (nSPS) is 21.1. The fourth-order valence-corrected chi connectivity index (χ4v) is 6.28. The van der Waals surface area contributed by atoms with Crippen molar-refractivity contribution < 1.29 is 17.9 Å². The maximum atomic E-state index is 12.7. The average molecular weight is 425 g/mol. The molecular weight excluding hydrogens is 404 g/mol. The monoisotopic (exact) mass is 424 g/mol. The Morgan fingerprint density at radius 2 is 2.30 bits per heavy atom. The van der Waals surface area contributed by atoms with Gasteiger partial charge in [0, 0.05) is 26.2 Å². The Balaban J connectivity index is 2.04. The molecular formula is C14H21BrN2O4S2. The molecule has 1 amide bonds. The number of ether oxygens (including phenoxy) is 1. The second-order valence-corrected chi connectivity index (χ2v) is 10.3. The second-order valence-electron chi connectivity index (χ2n) is 5.63. The van der Waals surface area contributed by atoms with E-state index in [4.69, 9.17) is 4.74 Å². The van der Waals surface area contributed by atoms with Crippen molar-refractivity contribution in [1.82, 2.24) is 9.62 Å². The van der Waals surface area contributed by atoms with Gasteiger partial charge in [-0.15, -0.1) is 11.3 Å². The fourth-order valence-electron chi connectivity index (χ4n) is 2.59. The number of thiophene rings is 1. The Labute approximate surface area is 149 Å². The van der Waals surface area contributed by atoms with Crippen molar-refractivity contribution in [2.75, 3.05) is 26.8 Å². The average Bonchev–Trinajstić information content (AvgIpc) is 2.95. The predicted molar refractivity (Wildman–Crippen MR) is 93.0 cm³/mol. The van der Waals surface area contributed by atoms with Crippen LogP contribution < -0.4 is 5.32 Å². The van der Waals surface area contributed by atoms with Gasteiger partial charge in [0.05, 0.1) is 16.3 Å². The summed E-state index contributed by atoms with van der Waals surface area (Å²) in [5.41, 5.74) is 0. The fraction of sp³-hybridized carbons (Fsp3) is 0.643. The van der Waals surface area contributed by atoms with Crippen molar-refractivity contribution in [3.05, 3.63) is 15.9 Å². The number of piperidine rings is 1. The molecule has 0 bridgehead atoms. The van der Waals surface area contributed by atoms with E-state index in [0.29, 0.717) is 30.2 Å². The van der Waals surface area contributed by atoms with Crippen LogP contribution in [-0.4, -0.2) is 51.5 Å². The molecule has 2 unspecified atom stereocenters. The molecule has 130 valence electrons. The first-order valence-corrected chi connectivity index (χ1v) is 10.4. The number of amides is 1. The van der Waals surface area contributed by atoms with E-state index in [2.05, 4.69) is 21.2 Å². The highest BCUT2D eigenvalue weighted by atomic mass is 79.9. The molecule has 0 saturated carbocycles. The van der Waals surface area contributed by atoms with Gasteiger partial charge in [-0.05, 0) is 47.8 Å². The van der Waals surface area contributed by atoms with Crippen LogP contribution in [0.4, 0.5) is 0 Å². The first-order valence-electron chi connectivity index (χ1n) is 7.39. The molecule has 1 fully saturated rings. The molecule has 1 aromatic heterocycles. The summed E-state index contributed by atoms with van der Waals surface area (Å²) in [6.45, 7) is 2.98. The molecule has 1 aliphatic heterocycles. The Kier molecular flexibility index (Phi) is 6.61. The van der Waals surface area contributed by atoms with Gasteiger partial charge in [0.25, 0.3) is 10.0 Å². The minimum absolute atomic E-state index is 0.0901. The highest BCUT2D eigenvalue weighted by Gasteiger charge is 2.34. The second kappa shape index (κ2) is 8.06. The quantitative estimate of drug-likeness (QED) is 0.757. The minimum Gasteiger partial charge on any atom is -0.383 e. The largest absolute Gasteiger partial charge is 0.383 e. The van der Waals surface area contributed by atoms with Gasteiger partial charge in [0.2, 0.25) is 5.91 Å². The summed E-state index contributed by atoms with van der Waals surface area (Å²) in [6, 6.07) is 3.22. The summed E-state index contributed by atoms with van der Waals surface area (Å²) < 4.78 is 32.8. The van der Waals surface area contributed by atoms with E-state index < -0.39 is 10.0 Å². The molecule has 2 atom stereocenters. The van der Waals surface area contributed by atoms with Crippen LogP contribution in [0.25, 0.3) is 0 Å². The van der Waals surface area contributed by atoms with E-state index in [1.54, 1.807) is 19.2 Å². The predicted octanol–water partition coefficient (Wildman–Crippen LogP) is 2.06. The number of carbonyl (C=O) groups excluding carboxylic acids is 1. The summed E-state index contributed by atoms with van der Waals surface area (Å²) in [6.07, 6.45) is 1.38. The molecule has 6 nitrogen and oxygen atoms in total. The van der Waals surface area contributed by atoms with Crippen molar-refractivity contribution in [2.45, 2.75) is 30.0 Å². The molecule has 23 heavy (non-hydrogen) atoms. The number of methoxy groups -OCH3 is 1. The number of nitrogens with one attached hydrogen (secondary N) is 1. The van der Waals surface area contributed by atoms with Crippen molar-refractivity contribution in [1.29, 1.82) is 0 Å². The van der Waals surface area contributed by atoms with Gasteiger partial charge in [-0.3, -0.25) is 4.79 Å². The van der Waals surface area contributed by atoms with E-state index in [0.717, 1.165) is 3.79 Å². The molecule has 0 radical (unpaired) electrons. The number of carbonyl (C=O) groups is 1. The number of hydrogen-bond donors (Lipinski definition) is 1. The van der Waals surface area contributed by atoms with Crippen molar-refractivity contribution in [2.24, 2.45) is 5.92 Å². The summed E-state index contributed by atoms with van der Waals surface area (Å²) in [5, 5.41) is 2.88. The molecule has 0 aromatic carbocycles. The summed E-state index contributed by atoms with van der Waals surface area (Å²) in [7, 11) is -1.95. The lowest BCUT2D eigenvalue weighted by Crippen LogP contribution is -2.47. The van der Waals surface area contributed by atoms with Crippen LogP contribution >= 0.6 is 27.3 Å². The molecule has 0 spiro atoms. The van der Waals surface area contributed by atoms with Gasteiger partial charge in [-0.1, -0.05) is 0 Å². The van der Waals surface area contributed by atoms with Crippen LogP contribution in [0.3, 0.4) is 0 Å². The molecule has 1 N–H and O–H groups in total. The third kappa shape index (κ3) is 4.76. The summed E-state index contributed by atoms with van der Waals surface area (Å²) in [5.74, 6) is -0.428. The Morgan fingerprint density at radius 1 is 1.57 bits per heavy atom. The summed E-state index contributed by atoms with van der Waals surface area (Å²) >= 11 is 4.47. The third-order valence-electron chi connectivity index (χ3n) is 3.70. The zero-order valence-electron chi connectivity index (χ0n) is 13.1. The standard InChI is InChI=1S/C14H21BrN2O4S2/c1-10(9-21-2)16-14(18)11-4-3-7-17(8-11)23(19,20)13-6-5-12(15)22-13/h5-6,10-11H,3-4,7-9H2,1-2H3,(H,16,18). The number of halogens is 1. The van der Waals surface area contributed by atoms with E-state index >= 15 is 0 Å². The van der Waals surface area contributed by atoms with Gasteiger partial charge >= 0.3 is 0 Å². The van der Waals surface area contributed by atoms with Gasteiger partial charge in [-0.25, -0.2) is 8.42 Å². The van der Waals surface area contributed by atoms with E-state index in [1.165, 1.54) is 15.6 Å². The summed E-state index contributed by atoms with van der Waals surface area (Å²) in [4.78, 5) is 12.3. The molecule has 1 aromatic rings. The smallest absolute Gasteiger partial charge is 0.252 e. The Bertz CT molecular complexity index is 647. The lowest BCUT2D eigenvalue weighted by atomic mass is 9.98. The molecule has 2 rings (SSSR count). The number of rotatable bonds is 6. The zero-order chi connectivity index (χ0) is 17.0. The van der Waals surface area contributed by atoms with E-state index in [1.807, 2.05) is 6.92 Å². The highest BCUT2D eigenvalue weighted by Crippen LogP contribution is 2.30. The Hall–Kier alpha value is -0.480. The minimum atomic E-state index is -3.53. The van der Waals surface area contributed by atoms with Crippen LogP contribution in [0.2, 0.25) is 0 Å². The van der Waals surface area contributed by atoms with Crippen LogP contribution in [-0.2, 0) is 19.6 Å². The molecule has 1 saturated heterocycles. The maximum Gasteiger partial charge on any atom is 0.252 e. The van der Waals surface area contributed by atoms with Crippen LogP contribution in [0, 0.1) is 5.92 Å². The van der Waals surface area contributed by atoms with Crippen LogP contribution in [0.1, 0.15) is 19.8 Å². The first-order chi connectivity index (χ1) is 10.8. The van der Waals surface area contributed by atoms with Gasteiger partial charge in [0.15, 0.2) is 0 Å². The van der Waals surface area contributed by atoms with Gasteiger partial charge in [-0.2, -0.15) is 4.31 Å². The topological polar surface area (TPSA) is 75.7 Å². The van der Waals surface area contributed by atoms with Gasteiger partial charge < -0.3 is 10.1 Å². The van der Waals surface area contributed by atoms with Crippen LogP contribution in [0.15, 0.2) is 20.1 Å². The van der Waals surface area contributed by atoms with Crippen molar-refractivity contribution in [3.63, 3.8) is 0 Å². The first kappa shape index (κ1) is 18.9. The van der Waals surface area contributed by atoms with E-state index in [9.17, 15) is 13.2 Å². The van der Waals surface area contributed by atoms with Crippen molar-refractivity contribution >= 4 is 43.2 Å². The lowest BCUT2D eigenvalue weighted by Gasteiger charge is -2.31. The zero-order valence-corrected chi connectivity index (χ0v) is 16.3. The highest BCUT2D eigenvalue weighted by molar-refractivity contribution is 9.11. The molecule has 9 heteroatoms. The van der Waals surface area contributed by atoms with Crippen LogP contribution in [0.5, 0.6) is 0 Å². The van der Waals surface area contributed by atoms with Crippen molar-refractivity contribution in [3.8, 4) is 0 Å².